The molecule has 6 nitrogen and oxygen atoms in total. The number of carbonyl (C=O) groups excluding carboxylic acids is 1. The number of ether oxygens (including phenoxy) is 1. The lowest BCUT2D eigenvalue weighted by Gasteiger charge is -2.54. The number of hydrogen-bond donors (Lipinski definition) is 2. The Morgan fingerprint density at radius 2 is 2.17 bits per heavy atom. The second-order valence-corrected chi connectivity index (χ2v) is 7.70. The number of nitrogens with one attached hydrogen (secondary N) is 1. The minimum absolute atomic E-state index is 0.320. The minimum Gasteiger partial charge on any atom is -0.512 e. The molecule has 2 atom stereocenters. The number of methoxy groups -OCH3 is 1. The first-order valence-corrected chi connectivity index (χ1v) is 8.20. The number of allylic oxidation sites excluding steroid dienone is 3. The predicted octanol–water partition coefficient (Wildman–Crippen LogP) is 3.09. The number of aliphatic hydroxyl groups excluding tert-OH is 1. The molecule has 1 aromatic rings. The Bertz CT molecular complexity index is 817. The van der Waals surface area contributed by atoms with Gasteiger partial charge < -0.3 is 15.2 Å². The van der Waals surface area contributed by atoms with Crippen LogP contribution in [-0.2, 0) is 10.2 Å². The van der Waals surface area contributed by atoms with E-state index in [1.807, 2.05) is 20.8 Å². The first-order chi connectivity index (χ1) is 11.3. The quantitative estimate of drug-likeness (QED) is 0.830. The number of nitrogens with zero attached hydrogens (tertiary/aromatic N) is 2. The van der Waals surface area contributed by atoms with E-state index in [1.54, 1.807) is 0 Å². The molecule has 0 radical (unpaired) electrons. The van der Waals surface area contributed by atoms with Crippen LogP contribution in [0.5, 0.6) is 0 Å². The summed E-state index contributed by atoms with van der Waals surface area (Å²) in [6, 6.07) is 0. The van der Waals surface area contributed by atoms with E-state index < -0.39 is 5.97 Å². The lowest BCUT2D eigenvalue weighted by molar-refractivity contribution is 0.0596. The van der Waals surface area contributed by atoms with E-state index in [0.717, 1.165) is 24.1 Å². The van der Waals surface area contributed by atoms with Crippen LogP contribution in [-0.4, -0.2) is 28.2 Å². The van der Waals surface area contributed by atoms with Gasteiger partial charge in [-0.15, -0.1) is 0 Å². The first-order valence-electron chi connectivity index (χ1n) is 8.20. The van der Waals surface area contributed by atoms with Crippen molar-refractivity contribution in [3.63, 3.8) is 0 Å². The third kappa shape index (κ3) is 1.98. The van der Waals surface area contributed by atoms with Crippen molar-refractivity contribution < 1.29 is 14.6 Å². The Labute approximate surface area is 140 Å². The summed E-state index contributed by atoms with van der Waals surface area (Å²) in [4.78, 5) is 20.8. The minimum atomic E-state index is -0.435. The van der Waals surface area contributed by atoms with E-state index in [-0.39, 0.29) is 5.41 Å². The van der Waals surface area contributed by atoms with Crippen LogP contribution in [0.25, 0.3) is 0 Å². The molecule has 24 heavy (non-hydrogen) atoms. The van der Waals surface area contributed by atoms with Crippen LogP contribution in [0.15, 0.2) is 28.8 Å². The average molecular weight is 327 g/mol. The monoisotopic (exact) mass is 327 g/mol. The van der Waals surface area contributed by atoms with Crippen molar-refractivity contribution in [2.24, 2.45) is 11.8 Å². The van der Waals surface area contributed by atoms with Gasteiger partial charge in [0.15, 0.2) is 0 Å². The lowest BCUT2D eigenvalue weighted by Crippen LogP contribution is -2.46. The molecule has 4 aliphatic carbocycles. The number of rotatable bonds is 3. The molecule has 0 amide bonds. The smallest absolute Gasteiger partial charge is 0.341 e. The number of fused-ring (bicyclic) bond motifs is 1. The van der Waals surface area contributed by atoms with Crippen LogP contribution in [0, 0.1) is 11.8 Å². The molecular weight excluding hydrogens is 306 g/mol. The fourth-order valence-corrected chi connectivity index (χ4v) is 3.97. The van der Waals surface area contributed by atoms with Gasteiger partial charge in [-0.2, -0.15) is 0 Å². The molecule has 1 heterocycles. The molecule has 2 unspecified atom stereocenters. The number of hydrogen-bond acceptors (Lipinski definition) is 6. The summed E-state index contributed by atoms with van der Waals surface area (Å²) in [7, 11) is 1.35. The molecule has 4 aliphatic rings. The van der Waals surface area contributed by atoms with Gasteiger partial charge in [0, 0.05) is 35.2 Å². The molecule has 126 valence electrons. The van der Waals surface area contributed by atoms with Crippen molar-refractivity contribution in [2.75, 3.05) is 12.4 Å². The molecule has 2 N–H and O–H groups in total. The summed E-state index contributed by atoms with van der Waals surface area (Å²) >= 11 is 0. The second-order valence-electron chi connectivity index (χ2n) is 7.70. The van der Waals surface area contributed by atoms with Crippen molar-refractivity contribution in [1.29, 1.82) is 0 Å². The highest BCUT2D eigenvalue weighted by Gasteiger charge is 2.54. The topological polar surface area (TPSA) is 84.3 Å². The standard InChI is InChI=1S/C18H21N3O3/c1-18(2,3)15-10(16(23)24-4)7-19-17(21-15)20-14-12-8-5-9(12)13(14)11(22)6-8/h7-9,22H,5-6H2,1-4H3,(H,19,20,21). The van der Waals surface area contributed by atoms with Gasteiger partial charge in [-0.05, 0) is 17.9 Å². The van der Waals surface area contributed by atoms with Gasteiger partial charge >= 0.3 is 5.97 Å². The number of esters is 1. The summed E-state index contributed by atoms with van der Waals surface area (Å²) in [6.45, 7) is 5.99. The van der Waals surface area contributed by atoms with Crippen LogP contribution in [0.4, 0.5) is 5.95 Å². The highest BCUT2D eigenvalue weighted by Crippen LogP contribution is 2.63. The van der Waals surface area contributed by atoms with Gasteiger partial charge in [0.1, 0.15) is 5.56 Å². The fraction of sp³-hybridized carbons (Fsp3) is 0.500. The van der Waals surface area contributed by atoms with Crippen LogP contribution in [0.2, 0.25) is 0 Å². The Balaban J connectivity index is 1.69. The van der Waals surface area contributed by atoms with E-state index in [2.05, 4.69) is 15.3 Å². The van der Waals surface area contributed by atoms with E-state index in [4.69, 9.17) is 4.74 Å². The maximum absolute atomic E-state index is 12.0. The largest absolute Gasteiger partial charge is 0.512 e. The van der Waals surface area contributed by atoms with Crippen molar-refractivity contribution in [3.05, 3.63) is 40.1 Å². The van der Waals surface area contributed by atoms with E-state index >= 15 is 0 Å². The van der Waals surface area contributed by atoms with Crippen molar-refractivity contribution in [2.45, 2.75) is 39.0 Å². The molecule has 1 saturated carbocycles. The summed E-state index contributed by atoms with van der Waals surface area (Å²) in [5.74, 6) is 1.41. The third-order valence-corrected chi connectivity index (χ3v) is 5.13. The first kappa shape index (κ1) is 15.2. The highest BCUT2D eigenvalue weighted by molar-refractivity contribution is 5.90. The molecule has 0 saturated heterocycles. The summed E-state index contributed by atoms with van der Waals surface area (Å²) in [5.41, 5.74) is 4.09. The normalized spacial score (nSPS) is 24.3. The maximum atomic E-state index is 12.0. The molecule has 0 aromatic carbocycles. The van der Waals surface area contributed by atoms with Crippen molar-refractivity contribution in [1.82, 2.24) is 9.97 Å². The molecule has 0 spiro atoms. The zero-order chi connectivity index (χ0) is 17.2. The molecule has 0 aliphatic heterocycles. The van der Waals surface area contributed by atoms with Crippen LogP contribution < -0.4 is 5.32 Å². The number of anilines is 1. The zero-order valence-corrected chi connectivity index (χ0v) is 14.3. The molecular formula is C18H21N3O3. The summed E-state index contributed by atoms with van der Waals surface area (Å²) in [6.07, 6.45) is 3.42. The van der Waals surface area contributed by atoms with Gasteiger partial charge in [-0.3, -0.25) is 0 Å². The maximum Gasteiger partial charge on any atom is 0.341 e. The Morgan fingerprint density at radius 1 is 1.42 bits per heavy atom. The Kier molecular flexibility index (Phi) is 3.04. The fourth-order valence-electron chi connectivity index (χ4n) is 3.97. The summed E-state index contributed by atoms with van der Waals surface area (Å²) < 4.78 is 4.83. The Hall–Kier alpha value is -2.37. The van der Waals surface area contributed by atoms with E-state index in [9.17, 15) is 9.90 Å². The highest BCUT2D eigenvalue weighted by atomic mass is 16.5. The SMILES string of the molecule is COC(=O)c1cnc(NC2=C3C4CC(O)=C2C3C4)nc1C(C)(C)C. The van der Waals surface area contributed by atoms with Crippen LogP contribution in [0.3, 0.4) is 0 Å². The van der Waals surface area contributed by atoms with Gasteiger partial charge in [0.05, 0.1) is 18.6 Å². The van der Waals surface area contributed by atoms with Crippen molar-refractivity contribution in [3.8, 4) is 0 Å². The van der Waals surface area contributed by atoms with E-state index in [0.29, 0.717) is 34.8 Å². The third-order valence-electron chi connectivity index (χ3n) is 5.13. The van der Waals surface area contributed by atoms with Crippen LogP contribution in [0.1, 0.15) is 49.7 Å². The molecule has 5 rings (SSSR count). The average Bonchev–Trinajstić information content (AvgIpc) is 2.51. The van der Waals surface area contributed by atoms with Gasteiger partial charge in [-0.1, -0.05) is 20.8 Å². The predicted molar refractivity (Wildman–Crippen MR) is 88.6 cm³/mol. The zero-order valence-electron chi connectivity index (χ0n) is 14.3. The van der Waals surface area contributed by atoms with E-state index in [1.165, 1.54) is 18.9 Å². The molecule has 1 fully saturated rings. The molecule has 1 aromatic heterocycles. The summed E-state index contributed by atoms with van der Waals surface area (Å²) in [5, 5.41) is 13.4. The van der Waals surface area contributed by atoms with Crippen molar-refractivity contribution >= 4 is 11.9 Å². The number of carbonyl (C=O) groups is 1. The van der Waals surface area contributed by atoms with Gasteiger partial charge in [-0.25, -0.2) is 14.8 Å². The van der Waals surface area contributed by atoms with Gasteiger partial charge in [0.2, 0.25) is 5.95 Å². The Morgan fingerprint density at radius 3 is 2.75 bits per heavy atom. The lowest BCUT2D eigenvalue weighted by atomic mass is 9.51. The molecule has 6 heteroatoms. The second kappa shape index (κ2) is 4.82. The number of aliphatic hydroxyl groups is 1. The molecule has 4 bridgehead atoms. The van der Waals surface area contributed by atoms with Crippen LogP contribution >= 0.6 is 0 Å². The number of aromatic nitrogens is 2. The van der Waals surface area contributed by atoms with Gasteiger partial charge in [0.25, 0.3) is 0 Å².